The molecule has 1 amide bonds. The summed E-state index contributed by atoms with van der Waals surface area (Å²) in [4.78, 5) is 13.0. The summed E-state index contributed by atoms with van der Waals surface area (Å²) in [7, 11) is 1.71. The van der Waals surface area contributed by atoms with Gasteiger partial charge >= 0.3 is 0 Å². The van der Waals surface area contributed by atoms with Crippen molar-refractivity contribution in [3.8, 4) is 0 Å². The van der Waals surface area contributed by atoms with Gasteiger partial charge in [-0.1, -0.05) is 0 Å². The molecule has 4 nitrogen and oxygen atoms in total. The van der Waals surface area contributed by atoms with E-state index in [1.165, 1.54) is 0 Å². The first-order valence-corrected chi connectivity index (χ1v) is 4.69. The summed E-state index contributed by atoms with van der Waals surface area (Å²) >= 11 is 0. The van der Waals surface area contributed by atoms with Gasteiger partial charge < -0.3 is 15.4 Å². The lowest BCUT2D eigenvalue weighted by atomic mass is 9.99. The summed E-state index contributed by atoms with van der Waals surface area (Å²) in [6, 6.07) is 0.163. The number of hydrogen-bond donors (Lipinski definition) is 1. The molecule has 1 aliphatic heterocycles. The average molecular weight is 186 g/mol. The Hall–Kier alpha value is -0.610. The molecular formula is C9H18N2O2. The van der Waals surface area contributed by atoms with E-state index in [4.69, 9.17) is 10.5 Å². The summed E-state index contributed by atoms with van der Waals surface area (Å²) < 4.78 is 5.26. The van der Waals surface area contributed by atoms with Crippen LogP contribution in [0.5, 0.6) is 0 Å². The lowest BCUT2D eigenvalue weighted by molar-refractivity contribution is -0.134. The van der Waals surface area contributed by atoms with Gasteiger partial charge in [-0.05, 0) is 12.8 Å². The van der Waals surface area contributed by atoms with E-state index >= 15 is 0 Å². The number of carbonyl (C=O) groups is 1. The average Bonchev–Trinajstić information content (AvgIpc) is 2.16. The van der Waals surface area contributed by atoms with E-state index in [1.807, 2.05) is 4.90 Å². The van der Waals surface area contributed by atoms with Crippen molar-refractivity contribution in [3.63, 3.8) is 0 Å². The molecule has 76 valence electrons. The molecule has 0 spiro atoms. The standard InChI is InChI=1S/C9H18N2O2/c1-7(12)11-4-3-9(13-2)5-8(11)6-10/h8-9H,3-6,10H2,1-2H3. The first kappa shape index (κ1) is 10.5. The van der Waals surface area contributed by atoms with Crippen molar-refractivity contribution in [2.75, 3.05) is 20.2 Å². The quantitative estimate of drug-likeness (QED) is 0.659. The summed E-state index contributed by atoms with van der Waals surface area (Å²) in [5.74, 6) is 0.116. The van der Waals surface area contributed by atoms with E-state index in [-0.39, 0.29) is 18.1 Å². The van der Waals surface area contributed by atoms with Crippen LogP contribution < -0.4 is 5.73 Å². The molecule has 2 N–H and O–H groups in total. The molecule has 0 saturated carbocycles. The molecule has 0 aromatic heterocycles. The fourth-order valence-electron chi connectivity index (χ4n) is 1.87. The van der Waals surface area contributed by atoms with Crippen molar-refractivity contribution in [1.82, 2.24) is 4.90 Å². The number of amides is 1. The molecule has 1 heterocycles. The van der Waals surface area contributed by atoms with Crippen LogP contribution in [0, 0.1) is 0 Å². The molecule has 4 heteroatoms. The van der Waals surface area contributed by atoms with Crippen LogP contribution in [0.15, 0.2) is 0 Å². The van der Waals surface area contributed by atoms with E-state index < -0.39 is 0 Å². The number of likely N-dealkylation sites (tertiary alicyclic amines) is 1. The van der Waals surface area contributed by atoms with E-state index in [9.17, 15) is 4.79 Å². The maximum Gasteiger partial charge on any atom is 0.219 e. The minimum atomic E-state index is 0.116. The van der Waals surface area contributed by atoms with Crippen molar-refractivity contribution < 1.29 is 9.53 Å². The molecule has 0 bridgehead atoms. The molecule has 0 aromatic rings. The van der Waals surface area contributed by atoms with Crippen LogP contribution in [0.25, 0.3) is 0 Å². The van der Waals surface area contributed by atoms with Crippen LogP contribution in [-0.2, 0) is 9.53 Å². The minimum Gasteiger partial charge on any atom is -0.381 e. The zero-order valence-corrected chi connectivity index (χ0v) is 8.32. The van der Waals surface area contributed by atoms with Gasteiger partial charge in [-0.3, -0.25) is 4.79 Å². The number of nitrogens with two attached hydrogens (primary N) is 1. The molecule has 2 unspecified atom stereocenters. The fraction of sp³-hybridized carbons (Fsp3) is 0.889. The SMILES string of the molecule is COC1CCN(C(C)=O)C(CN)C1. The van der Waals surface area contributed by atoms with Crippen LogP contribution in [0.4, 0.5) is 0 Å². The molecule has 2 atom stereocenters. The molecule has 13 heavy (non-hydrogen) atoms. The molecule has 1 rings (SSSR count). The number of carbonyl (C=O) groups excluding carboxylic acids is 1. The lowest BCUT2D eigenvalue weighted by Gasteiger charge is -2.37. The van der Waals surface area contributed by atoms with Gasteiger partial charge in [0.1, 0.15) is 0 Å². The topological polar surface area (TPSA) is 55.6 Å². The Morgan fingerprint density at radius 3 is 2.85 bits per heavy atom. The summed E-state index contributed by atoms with van der Waals surface area (Å²) in [5, 5.41) is 0. The number of rotatable bonds is 2. The Morgan fingerprint density at radius 2 is 2.38 bits per heavy atom. The molecule has 0 aliphatic carbocycles. The van der Waals surface area contributed by atoms with Gasteiger partial charge in [0.05, 0.1) is 6.10 Å². The number of methoxy groups -OCH3 is 1. The predicted molar refractivity (Wildman–Crippen MR) is 50.3 cm³/mol. The van der Waals surface area contributed by atoms with Gasteiger partial charge in [0.25, 0.3) is 0 Å². The van der Waals surface area contributed by atoms with E-state index in [2.05, 4.69) is 0 Å². The normalized spacial score (nSPS) is 29.0. The van der Waals surface area contributed by atoms with Gasteiger partial charge in [0, 0.05) is 33.2 Å². The lowest BCUT2D eigenvalue weighted by Crippen LogP contribution is -2.50. The summed E-state index contributed by atoms with van der Waals surface area (Å²) in [6.07, 6.45) is 2.06. The molecule has 0 aromatic carbocycles. The second-order valence-electron chi connectivity index (χ2n) is 3.48. The maximum atomic E-state index is 11.2. The number of hydrogen-bond acceptors (Lipinski definition) is 3. The van der Waals surface area contributed by atoms with Gasteiger partial charge in [0.15, 0.2) is 0 Å². The molecule has 1 saturated heterocycles. The summed E-state index contributed by atoms with van der Waals surface area (Å²) in [5.41, 5.74) is 5.60. The molecule has 0 radical (unpaired) electrons. The third-order valence-electron chi connectivity index (χ3n) is 2.68. The Balaban J connectivity index is 2.55. The predicted octanol–water partition coefficient (Wildman–Crippen LogP) is -0.0290. The monoisotopic (exact) mass is 186 g/mol. The highest BCUT2D eigenvalue weighted by Crippen LogP contribution is 2.18. The first-order chi connectivity index (χ1) is 6.19. The van der Waals surface area contributed by atoms with E-state index in [0.717, 1.165) is 19.4 Å². The van der Waals surface area contributed by atoms with E-state index in [0.29, 0.717) is 6.54 Å². The van der Waals surface area contributed by atoms with Crippen molar-refractivity contribution in [2.45, 2.75) is 31.9 Å². The van der Waals surface area contributed by atoms with Crippen molar-refractivity contribution in [1.29, 1.82) is 0 Å². The first-order valence-electron chi connectivity index (χ1n) is 4.69. The second-order valence-corrected chi connectivity index (χ2v) is 3.48. The highest BCUT2D eigenvalue weighted by atomic mass is 16.5. The Bertz CT molecular complexity index is 184. The summed E-state index contributed by atoms with van der Waals surface area (Å²) in [6.45, 7) is 2.89. The van der Waals surface area contributed by atoms with Gasteiger partial charge in [-0.2, -0.15) is 0 Å². The second kappa shape index (κ2) is 4.58. The van der Waals surface area contributed by atoms with Crippen molar-refractivity contribution in [3.05, 3.63) is 0 Å². The van der Waals surface area contributed by atoms with Crippen LogP contribution >= 0.6 is 0 Å². The van der Waals surface area contributed by atoms with Crippen molar-refractivity contribution in [2.24, 2.45) is 5.73 Å². The Labute approximate surface area is 79.0 Å². The van der Waals surface area contributed by atoms with Crippen LogP contribution in [0.2, 0.25) is 0 Å². The van der Waals surface area contributed by atoms with Gasteiger partial charge in [-0.25, -0.2) is 0 Å². The van der Waals surface area contributed by atoms with Crippen molar-refractivity contribution >= 4 is 5.91 Å². The smallest absolute Gasteiger partial charge is 0.219 e. The van der Waals surface area contributed by atoms with Gasteiger partial charge in [0.2, 0.25) is 5.91 Å². The third-order valence-corrected chi connectivity index (χ3v) is 2.68. The van der Waals surface area contributed by atoms with Gasteiger partial charge in [-0.15, -0.1) is 0 Å². The largest absolute Gasteiger partial charge is 0.381 e. The Kier molecular flexibility index (Phi) is 3.69. The highest BCUT2D eigenvalue weighted by molar-refractivity contribution is 5.73. The zero-order chi connectivity index (χ0) is 9.84. The molecule has 1 fully saturated rings. The highest BCUT2D eigenvalue weighted by Gasteiger charge is 2.28. The molecular weight excluding hydrogens is 168 g/mol. The van der Waals surface area contributed by atoms with E-state index in [1.54, 1.807) is 14.0 Å². The maximum absolute atomic E-state index is 11.2. The van der Waals surface area contributed by atoms with Crippen LogP contribution in [0.3, 0.4) is 0 Å². The number of nitrogens with zero attached hydrogens (tertiary/aromatic N) is 1. The Morgan fingerprint density at radius 1 is 1.69 bits per heavy atom. The van der Waals surface area contributed by atoms with Crippen LogP contribution in [0.1, 0.15) is 19.8 Å². The minimum absolute atomic E-state index is 0.116. The third kappa shape index (κ3) is 2.42. The zero-order valence-electron chi connectivity index (χ0n) is 8.32. The fourth-order valence-corrected chi connectivity index (χ4v) is 1.87. The molecule has 1 aliphatic rings. The number of piperidine rings is 1. The van der Waals surface area contributed by atoms with Crippen LogP contribution in [-0.4, -0.2) is 43.2 Å². The number of ether oxygens (including phenoxy) is 1.